The normalized spacial score (nSPS) is 10.9. The SMILES string of the molecule is Cc1ccc(NC(=O)/C=C/c2cn(-c3ccccc3)nc2-c2ccccc2)cc1. The average Bonchev–Trinajstić information content (AvgIpc) is 3.20. The second-order valence-electron chi connectivity index (χ2n) is 6.77. The van der Waals surface area contributed by atoms with E-state index >= 15 is 0 Å². The molecule has 0 atom stereocenters. The molecule has 0 aliphatic carbocycles. The number of para-hydroxylation sites is 1. The van der Waals surface area contributed by atoms with Crippen molar-refractivity contribution in [1.82, 2.24) is 9.78 Å². The molecule has 0 aliphatic rings. The summed E-state index contributed by atoms with van der Waals surface area (Å²) >= 11 is 0. The van der Waals surface area contributed by atoms with Crippen molar-refractivity contribution in [2.75, 3.05) is 5.32 Å². The minimum Gasteiger partial charge on any atom is -0.323 e. The van der Waals surface area contributed by atoms with Crippen molar-refractivity contribution in [3.63, 3.8) is 0 Å². The van der Waals surface area contributed by atoms with Gasteiger partial charge < -0.3 is 5.32 Å². The second kappa shape index (κ2) is 8.40. The molecule has 0 radical (unpaired) electrons. The molecule has 0 saturated carbocycles. The number of aryl methyl sites for hydroxylation is 1. The summed E-state index contributed by atoms with van der Waals surface area (Å²) in [4.78, 5) is 12.4. The lowest BCUT2D eigenvalue weighted by molar-refractivity contribution is -0.111. The van der Waals surface area contributed by atoms with Crippen molar-refractivity contribution in [3.8, 4) is 16.9 Å². The van der Waals surface area contributed by atoms with Gasteiger partial charge in [0.1, 0.15) is 0 Å². The fourth-order valence-corrected chi connectivity index (χ4v) is 3.03. The molecule has 4 aromatic rings. The molecule has 0 aliphatic heterocycles. The van der Waals surface area contributed by atoms with Gasteiger partial charge in [-0.25, -0.2) is 4.68 Å². The number of benzene rings is 3. The highest BCUT2D eigenvalue weighted by Crippen LogP contribution is 2.24. The van der Waals surface area contributed by atoms with Crippen molar-refractivity contribution in [2.24, 2.45) is 0 Å². The van der Waals surface area contributed by atoms with E-state index in [0.29, 0.717) is 0 Å². The van der Waals surface area contributed by atoms with Gasteiger partial charge in [-0.3, -0.25) is 4.79 Å². The van der Waals surface area contributed by atoms with Crippen LogP contribution in [0.5, 0.6) is 0 Å². The zero-order chi connectivity index (χ0) is 20.1. The lowest BCUT2D eigenvalue weighted by Crippen LogP contribution is -2.07. The van der Waals surface area contributed by atoms with Crippen LogP contribution in [-0.2, 0) is 4.79 Å². The Morgan fingerprint density at radius 3 is 2.24 bits per heavy atom. The van der Waals surface area contributed by atoms with Gasteiger partial charge in [-0.1, -0.05) is 66.2 Å². The zero-order valence-electron chi connectivity index (χ0n) is 16.1. The van der Waals surface area contributed by atoms with Crippen LogP contribution in [0.1, 0.15) is 11.1 Å². The summed E-state index contributed by atoms with van der Waals surface area (Å²) in [5.74, 6) is -0.180. The van der Waals surface area contributed by atoms with Gasteiger partial charge in [-0.15, -0.1) is 0 Å². The van der Waals surface area contributed by atoms with Gasteiger partial charge in [0.2, 0.25) is 5.91 Å². The Bertz CT molecular complexity index is 1130. The van der Waals surface area contributed by atoms with Gasteiger partial charge in [-0.05, 0) is 37.3 Å². The Morgan fingerprint density at radius 1 is 0.897 bits per heavy atom. The summed E-state index contributed by atoms with van der Waals surface area (Å²) in [6, 6.07) is 27.6. The molecule has 0 spiro atoms. The van der Waals surface area contributed by atoms with Crippen molar-refractivity contribution < 1.29 is 4.79 Å². The van der Waals surface area contributed by atoms with E-state index in [1.807, 2.05) is 103 Å². The number of carbonyl (C=O) groups is 1. The van der Waals surface area contributed by atoms with Crippen LogP contribution in [0.3, 0.4) is 0 Å². The monoisotopic (exact) mass is 379 g/mol. The lowest BCUT2D eigenvalue weighted by Gasteiger charge is -2.02. The molecule has 1 aromatic heterocycles. The maximum absolute atomic E-state index is 12.4. The van der Waals surface area contributed by atoms with Crippen LogP contribution < -0.4 is 5.32 Å². The standard InChI is InChI=1S/C25H21N3O/c1-19-12-15-22(16-13-19)26-24(29)17-14-21-18-28(23-10-6-3-7-11-23)27-25(21)20-8-4-2-5-9-20/h2-18H,1H3,(H,26,29)/b17-14+. The molecule has 1 amide bonds. The van der Waals surface area contributed by atoms with Gasteiger partial charge in [-0.2, -0.15) is 5.10 Å². The molecule has 4 nitrogen and oxygen atoms in total. The van der Waals surface area contributed by atoms with Gasteiger partial charge in [0.05, 0.1) is 11.4 Å². The molecule has 0 unspecified atom stereocenters. The number of amides is 1. The molecule has 0 fully saturated rings. The lowest BCUT2D eigenvalue weighted by atomic mass is 10.1. The molecule has 1 heterocycles. The minimum absolute atomic E-state index is 0.180. The molecular formula is C25H21N3O. The Balaban J connectivity index is 1.63. The molecule has 0 saturated heterocycles. The summed E-state index contributed by atoms with van der Waals surface area (Å²) in [5.41, 5.74) is 5.59. The van der Waals surface area contributed by atoms with Crippen molar-refractivity contribution in [2.45, 2.75) is 6.92 Å². The van der Waals surface area contributed by atoms with Crippen LogP contribution in [0.25, 0.3) is 23.0 Å². The van der Waals surface area contributed by atoms with E-state index in [2.05, 4.69) is 5.32 Å². The molecule has 29 heavy (non-hydrogen) atoms. The highest BCUT2D eigenvalue weighted by atomic mass is 16.1. The van der Waals surface area contributed by atoms with E-state index in [-0.39, 0.29) is 5.91 Å². The first-order chi connectivity index (χ1) is 14.2. The van der Waals surface area contributed by atoms with E-state index < -0.39 is 0 Å². The van der Waals surface area contributed by atoms with Crippen LogP contribution >= 0.6 is 0 Å². The summed E-state index contributed by atoms with van der Waals surface area (Å²) in [6.45, 7) is 2.01. The third kappa shape index (κ3) is 4.50. The number of nitrogens with one attached hydrogen (secondary N) is 1. The second-order valence-corrected chi connectivity index (χ2v) is 6.77. The molecule has 4 heteroatoms. The molecule has 1 N–H and O–H groups in total. The summed E-state index contributed by atoms with van der Waals surface area (Å²) < 4.78 is 1.83. The smallest absolute Gasteiger partial charge is 0.248 e. The predicted octanol–water partition coefficient (Wildman–Crippen LogP) is 5.50. The number of carbonyl (C=O) groups excluding carboxylic acids is 1. The van der Waals surface area contributed by atoms with Crippen LogP contribution in [0.2, 0.25) is 0 Å². The van der Waals surface area contributed by atoms with E-state index in [1.54, 1.807) is 12.2 Å². The van der Waals surface area contributed by atoms with Gasteiger partial charge in [0.15, 0.2) is 0 Å². The van der Waals surface area contributed by atoms with E-state index in [4.69, 9.17) is 5.10 Å². The minimum atomic E-state index is -0.180. The summed E-state index contributed by atoms with van der Waals surface area (Å²) in [5, 5.41) is 7.64. The number of hydrogen-bond donors (Lipinski definition) is 1. The number of hydrogen-bond acceptors (Lipinski definition) is 2. The van der Waals surface area contributed by atoms with Gasteiger partial charge in [0, 0.05) is 29.1 Å². The van der Waals surface area contributed by atoms with E-state index in [9.17, 15) is 4.79 Å². The maximum Gasteiger partial charge on any atom is 0.248 e. The number of rotatable bonds is 5. The molecule has 3 aromatic carbocycles. The number of aromatic nitrogens is 2. The van der Waals surface area contributed by atoms with Crippen LogP contribution in [0.4, 0.5) is 5.69 Å². The molecule has 4 rings (SSSR count). The van der Waals surface area contributed by atoms with Crippen LogP contribution in [0, 0.1) is 6.92 Å². The topological polar surface area (TPSA) is 46.9 Å². The third-order valence-corrected chi connectivity index (χ3v) is 4.54. The first kappa shape index (κ1) is 18.4. The highest BCUT2D eigenvalue weighted by molar-refractivity contribution is 6.02. The zero-order valence-corrected chi connectivity index (χ0v) is 16.1. The first-order valence-electron chi connectivity index (χ1n) is 9.45. The van der Waals surface area contributed by atoms with Crippen LogP contribution in [-0.4, -0.2) is 15.7 Å². The number of anilines is 1. The average molecular weight is 379 g/mol. The highest BCUT2D eigenvalue weighted by Gasteiger charge is 2.10. The van der Waals surface area contributed by atoms with Crippen molar-refractivity contribution in [3.05, 3.63) is 108 Å². The van der Waals surface area contributed by atoms with Gasteiger partial charge >= 0.3 is 0 Å². The largest absolute Gasteiger partial charge is 0.323 e. The Hall–Kier alpha value is -3.92. The van der Waals surface area contributed by atoms with E-state index in [0.717, 1.165) is 33.8 Å². The van der Waals surface area contributed by atoms with Crippen LogP contribution in [0.15, 0.2) is 97.2 Å². The summed E-state index contributed by atoms with van der Waals surface area (Å²) in [7, 11) is 0. The quantitative estimate of drug-likeness (QED) is 0.466. The molecule has 0 bridgehead atoms. The Labute approximate surface area is 170 Å². The van der Waals surface area contributed by atoms with Crippen molar-refractivity contribution >= 4 is 17.7 Å². The van der Waals surface area contributed by atoms with E-state index in [1.165, 1.54) is 0 Å². The number of nitrogens with zero attached hydrogens (tertiary/aromatic N) is 2. The maximum atomic E-state index is 12.4. The summed E-state index contributed by atoms with van der Waals surface area (Å²) in [6.07, 6.45) is 5.28. The fraction of sp³-hybridized carbons (Fsp3) is 0.0400. The first-order valence-corrected chi connectivity index (χ1v) is 9.45. The third-order valence-electron chi connectivity index (χ3n) is 4.54. The molecular weight excluding hydrogens is 358 g/mol. The molecule has 142 valence electrons. The van der Waals surface area contributed by atoms with Crippen molar-refractivity contribution in [1.29, 1.82) is 0 Å². The Kier molecular flexibility index (Phi) is 5.34. The fourth-order valence-electron chi connectivity index (χ4n) is 3.03. The predicted molar refractivity (Wildman–Crippen MR) is 118 cm³/mol. The van der Waals surface area contributed by atoms with Gasteiger partial charge in [0.25, 0.3) is 0 Å². The Morgan fingerprint density at radius 2 is 1.55 bits per heavy atom.